The van der Waals surface area contributed by atoms with E-state index in [0.29, 0.717) is 17.9 Å². The molecule has 3 N–H and O–H groups in total. The van der Waals surface area contributed by atoms with Crippen molar-refractivity contribution in [3.63, 3.8) is 0 Å². The number of aromatic nitrogens is 1. The van der Waals surface area contributed by atoms with Gasteiger partial charge in [0.2, 0.25) is 5.91 Å². The highest BCUT2D eigenvalue weighted by molar-refractivity contribution is 5.92. The number of ether oxygens (including phenoxy) is 1. The van der Waals surface area contributed by atoms with Crippen molar-refractivity contribution in [2.24, 2.45) is 5.73 Å². The molecule has 0 bridgehead atoms. The molecule has 2 aromatic carbocycles. The molecule has 2 amide bonds. The standard InChI is InChI=1S/C25H29N5O3/c26-24(31)20-10-13-30(19-20)22-8-4-9-23(18-22)33-25(32)27-11-5-12-28-14-16-29(17-15-28)21-6-2-1-3-7-21/h1-4,6-10,13,18-19H,5,11-12,14-17H2,(H2,26,31)(H,27,32). The van der Waals surface area contributed by atoms with Gasteiger partial charge in [-0.1, -0.05) is 24.3 Å². The molecular formula is C25H29N5O3. The van der Waals surface area contributed by atoms with Crippen LogP contribution in [0.1, 0.15) is 16.8 Å². The monoisotopic (exact) mass is 447 g/mol. The maximum Gasteiger partial charge on any atom is 0.412 e. The van der Waals surface area contributed by atoms with Crippen LogP contribution in [-0.2, 0) is 0 Å². The lowest BCUT2D eigenvalue weighted by atomic mass is 10.2. The Morgan fingerprint density at radius 3 is 2.42 bits per heavy atom. The minimum atomic E-state index is -0.487. The molecular weight excluding hydrogens is 418 g/mol. The number of nitrogens with zero attached hydrogens (tertiary/aromatic N) is 3. The SMILES string of the molecule is NC(=O)c1ccn(-c2cccc(OC(=O)NCCCN3CCN(c4ccccc4)CC3)c2)c1. The Balaban J connectivity index is 1.17. The van der Waals surface area contributed by atoms with Crippen molar-refractivity contribution in [2.45, 2.75) is 6.42 Å². The fraction of sp³-hybridized carbons (Fsp3) is 0.280. The van der Waals surface area contributed by atoms with Gasteiger partial charge < -0.3 is 25.3 Å². The molecule has 1 aromatic heterocycles. The fourth-order valence-corrected chi connectivity index (χ4v) is 3.92. The third kappa shape index (κ3) is 6.14. The van der Waals surface area contributed by atoms with Crippen molar-refractivity contribution in [1.29, 1.82) is 0 Å². The van der Waals surface area contributed by atoms with Crippen LogP contribution in [0.15, 0.2) is 73.1 Å². The lowest BCUT2D eigenvalue weighted by molar-refractivity contribution is 0.100. The number of nitrogens with one attached hydrogen (secondary N) is 1. The molecule has 0 unspecified atom stereocenters. The molecule has 1 fully saturated rings. The Labute approximate surface area is 193 Å². The summed E-state index contributed by atoms with van der Waals surface area (Å²) < 4.78 is 7.16. The van der Waals surface area contributed by atoms with Crippen molar-refractivity contribution in [1.82, 2.24) is 14.8 Å². The number of anilines is 1. The van der Waals surface area contributed by atoms with Gasteiger partial charge in [0.25, 0.3) is 0 Å². The summed E-state index contributed by atoms with van der Waals surface area (Å²) in [6.07, 6.45) is 3.76. The first kappa shape index (κ1) is 22.4. The van der Waals surface area contributed by atoms with Gasteiger partial charge in [0.1, 0.15) is 5.75 Å². The number of carbonyl (C=O) groups excluding carboxylic acids is 2. The summed E-state index contributed by atoms with van der Waals surface area (Å²) in [5.41, 5.74) is 7.76. The first-order valence-electron chi connectivity index (χ1n) is 11.1. The number of piperazine rings is 1. The Morgan fingerprint density at radius 2 is 1.70 bits per heavy atom. The minimum absolute atomic E-state index is 0.417. The van der Waals surface area contributed by atoms with Crippen molar-refractivity contribution < 1.29 is 14.3 Å². The molecule has 1 aliphatic rings. The summed E-state index contributed by atoms with van der Waals surface area (Å²) in [7, 11) is 0. The molecule has 0 spiro atoms. The van der Waals surface area contributed by atoms with E-state index in [9.17, 15) is 9.59 Å². The van der Waals surface area contributed by atoms with E-state index in [1.54, 1.807) is 41.2 Å². The topological polar surface area (TPSA) is 92.8 Å². The van der Waals surface area contributed by atoms with Crippen LogP contribution in [0.5, 0.6) is 5.75 Å². The minimum Gasteiger partial charge on any atom is -0.410 e. The molecule has 0 saturated carbocycles. The molecule has 0 atom stereocenters. The third-order valence-electron chi connectivity index (χ3n) is 5.72. The van der Waals surface area contributed by atoms with Gasteiger partial charge in [0.15, 0.2) is 0 Å². The van der Waals surface area contributed by atoms with Crippen LogP contribution in [0, 0.1) is 0 Å². The fourth-order valence-electron chi connectivity index (χ4n) is 3.92. The van der Waals surface area contributed by atoms with Crippen LogP contribution in [0.4, 0.5) is 10.5 Å². The molecule has 1 aliphatic heterocycles. The van der Waals surface area contributed by atoms with Gasteiger partial charge in [-0.2, -0.15) is 0 Å². The summed E-state index contributed by atoms with van der Waals surface area (Å²) in [6.45, 7) is 5.55. The number of hydrogen-bond acceptors (Lipinski definition) is 5. The third-order valence-corrected chi connectivity index (χ3v) is 5.72. The number of amides is 2. The Hall–Kier alpha value is -3.78. The lowest BCUT2D eigenvalue weighted by Gasteiger charge is -2.36. The molecule has 4 rings (SSSR count). The van der Waals surface area contributed by atoms with E-state index >= 15 is 0 Å². The van der Waals surface area contributed by atoms with E-state index in [-0.39, 0.29) is 0 Å². The van der Waals surface area contributed by atoms with Crippen LogP contribution in [-0.4, -0.2) is 60.7 Å². The van der Waals surface area contributed by atoms with Gasteiger partial charge in [-0.15, -0.1) is 0 Å². The zero-order chi connectivity index (χ0) is 23.0. The summed E-state index contributed by atoms with van der Waals surface area (Å²) in [5.74, 6) is -0.0602. The second-order valence-corrected chi connectivity index (χ2v) is 8.00. The zero-order valence-electron chi connectivity index (χ0n) is 18.5. The molecule has 8 nitrogen and oxygen atoms in total. The maximum absolute atomic E-state index is 12.2. The normalized spacial score (nSPS) is 14.1. The Bertz CT molecular complexity index is 1070. The largest absolute Gasteiger partial charge is 0.412 e. The van der Waals surface area contributed by atoms with Crippen LogP contribution < -0.4 is 20.7 Å². The van der Waals surface area contributed by atoms with E-state index in [4.69, 9.17) is 10.5 Å². The van der Waals surface area contributed by atoms with Gasteiger partial charge in [0, 0.05) is 62.6 Å². The molecule has 172 valence electrons. The lowest BCUT2D eigenvalue weighted by Crippen LogP contribution is -2.47. The Morgan fingerprint density at radius 1 is 0.939 bits per heavy atom. The van der Waals surface area contributed by atoms with Crippen molar-refractivity contribution in [2.75, 3.05) is 44.2 Å². The quantitative estimate of drug-likeness (QED) is 0.518. The average molecular weight is 448 g/mol. The summed E-state index contributed by atoms with van der Waals surface area (Å²) in [4.78, 5) is 28.3. The van der Waals surface area contributed by atoms with Gasteiger partial charge in [-0.05, 0) is 43.3 Å². The first-order valence-corrected chi connectivity index (χ1v) is 11.1. The maximum atomic E-state index is 12.2. The van der Waals surface area contributed by atoms with Gasteiger partial charge >= 0.3 is 6.09 Å². The number of para-hydroxylation sites is 1. The van der Waals surface area contributed by atoms with Crippen LogP contribution in [0.2, 0.25) is 0 Å². The number of benzene rings is 2. The number of rotatable bonds is 8. The number of primary amides is 1. The van der Waals surface area contributed by atoms with E-state index in [0.717, 1.165) is 44.8 Å². The van der Waals surface area contributed by atoms with E-state index in [2.05, 4.69) is 39.4 Å². The Kier molecular flexibility index (Phi) is 7.26. The zero-order valence-corrected chi connectivity index (χ0v) is 18.5. The smallest absolute Gasteiger partial charge is 0.410 e. The van der Waals surface area contributed by atoms with E-state index in [1.165, 1.54) is 5.69 Å². The predicted octanol–water partition coefficient (Wildman–Crippen LogP) is 2.88. The van der Waals surface area contributed by atoms with Crippen molar-refractivity contribution in [3.05, 3.63) is 78.6 Å². The summed E-state index contributed by atoms with van der Waals surface area (Å²) in [6, 6.07) is 19.2. The molecule has 0 radical (unpaired) electrons. The van der Waals surface area contributed by atoms with Crippen molar-refractivity contribution in [3.8, 4) is 11.4 Å². The predicted molar refractivity (Wildman–Crippen MR) is 128 cm³/mol. The van der Waals surface area contributed by atoms with Gasteiger partial charge in [-0.3, -0.25) is 9.69 Å². The van der Waals surface area contributed by atoms with Crippen LogP contribution >= 0.6 is 0 Å². The number of nitrogens with two attached hydrogens (primary N) is 1. The van der Waals surface area contributed by atoms with Crippen LogP contribution in [0.25, 0.3) is 5.69 Å². The molecule has 2 heterocycles. The molecule has 3 aromatic rings. The number of hydrogen-bond donors (Lipinski definition) is 2. The average Bonchev–Trinajstić information content (AvgIpc) is 3.34. The highest BCUT2D eigenvalue weighted by Crippen LogP contribution is 2.18. The van der Waals surface area contributed by atoms with Gasteiger partial charge in [-0.25, -0.2) is 4.79 Å². The molecule has 0 aliphatic carbocycles. The molecule has 33 heavy (non-hydrogen) atoms. The van der Waals surface area contributed by atoms with Crippen molar-refractivity contribution >= 4 is 17.7 Å². The van der Waals surface area contributed by atoms with Gasteiger partial charge in [0.05, 0.1) is 5.56 Å². The molecule has 1 saturated heterocycles. The first-order chi connectivity index (χ1) is 16.1. The second-order valence-electron chi connectivity index (χ2n) is 8.00. The highest BCUT2D eigenvalue weighted by atomic mass is 16.6. The second kappa shape index (κ2) is 10.7. The summed E-state index contributed by atoms with van der Waals surface area (Å²) in [5, 5.41) is 2.82. The number of carbonyl (C=O) groups is 2. The van der Waals surface area contributed by atoms with Crippen LogP contribution in [0.3, 0.4) is 0 Å². The highest BCUT2D eigenvalue weighted by Gasteiger charge is 2.16. The van der Waals surface area contributed by atoms with E-state index < -0.39 is 12.0 Å². The molecule has 8 heteroatoms. The van der Waals surface area contributed by atoms with E-state index in [1.807, 2.05) is 12.1 Å². The summed E-state index contributed by atoms with van der Waals surface area (Å²) >= 11 is 0.